The Bertz CT molecular complexity index is 632. The van der Waals surface area contributed by atoms with Gasteiger partial charge in [-0.2, -0.15) is 0 Å². The third-order valence-corrected chi connectivity index (χ3v) is 2.57. The maximum Gasteiger partial charge on any atom is 0.259 e. The van der Waals surface area contributed by atoms with Crippen LogP contribution >= 0.6 is 11.6 Å². The van der Waals surface area contributed by atoms with Crippen LogP contribution < -0.4 is 5.32 Å². The highest BCUT2D eigenvalue weighted by molar-refractivity contribution is 6.29. The molecule has 1 aromatic heterocycles. The first kappa shape index (κ1) is 13.4. The largest absolute Gasteiger partial charge is 0.305 e. The molecule has 1 aromatic carbocycles. The average Bonchev–Trinajstić information content (AvgIpc) is 2.36. The fraction of sp³-hybridized carbons (Fsp3) is 0.0833. The molecule has 0 atom stereocenters. The molecule has 0 spiro atoms. The van der Waals surface area contributed by atoms with Gasteiger partial charge >= 0.3 is 0 Å². The molecule has 0 bridgehead atoms. The number of hydrogen-bond donors (Lipinski definition) is 1. The Morgan fingerprint density at radius 2 is 1.95 bits per heavy atom. The van der Waals surface area contributed by atoms with E-state index in [1.807, 2.05) is 0 Å². The normalized spacial score (nSPS) is 10.3. The zero-order valence-corrected chi connectivity index (χ0v) is 10.5. The van der Waals surface area contributed by atoms with Gasteiger partial charge in [0.05, 0.1) is 5.56 Å². The summed E-state index contributed by atoms with van der Waals surface area (Å²) in [7, 11) is 0. The van der Waals surface area contributed by atoms with Crippen LogP contribution in [0.3, 0.4) is 0 Å². The molecule has 1 heterocycles. The molecule has 0 saturated heterocycles. The van der Waals surface area contributed by atoms with Crippen LogP contribution in [-0.2, 0) is 0 Å². The molecule has 98 valence electrons. The van der Waals surface area contributed by atoms with E-state index in [-0.39, 0.29) is 22.1 Å². The van der Waals surface area contributed by atoms with E-state index >= 15 is 0 Å². The van der Waals surface area contributed by atoms with Gasteiger partial charge in [-0.3, -0.25) is 4.79 Å². The first-order valence-electron chi connectivity index (χ1n) is 5.23. The van der Waals surface area contributed by atoms with Crippen LogP contribution in [0.4, 0.5) is 14.6 Å². The Hall–Kier alpha value is -2.08. The van der Waals surface area contributed by atoms with Gasteiger partial charge in [0.2, 0.25) is 0 Å². The maximum atomic E-state index is 13.5. The molecule has 0 aliphatic rings. The number of nitrogens with zero attached hydrogens (tertiary/aromatic N) is 2. The number of amides is 1. The molecular weight excluding hydrogens is 276 g/mol. The van der Waals surface area contributed by atoms with Crippen molar-refractivity contribution in [2.75, 3.05) is 5.32 Å². The second kappa shape index (κ2) is 5.27. The van der Waals surface area contributed by atoms with Crippen molar-refractivity contribution in [3.63, 3.8) is 0 Å². The van der Waals surface area contributed by atoms with Gasteiger partial charge < -0.3 is 5.32 Å². The van der Waals surface area contributed by atoms with Crippen LogP contribution in [0.1, 0.15) is 15.9 Å². The molecule has 2 aromatic rings. The number of carbonyl (C=O) groups is 1. The van der Waals surface area contributed by atoms with E-state index < -0.39 is 17.5 Å². The molecule has 1 N–H and O–H groups in total. The number of nitrogens with one attached hydrogen (secondary N) is 1. The predicted molar refractivity (Wildman–Crippen MR) is 66.1 cm³/mol. The smallest absolute Gasteiger partial charge is 0.259 e. The predicted octanol–water partition coefficient (Wildman–Crippen LogP) is 2.97. The van der Waals surface area contributed by atoms with Crippen molar-refractivity contribution < 1.29 is 13.6 Å². The molecule has 0 radical (unpaired) electrons. The number of hydrogen-bond acceptors (Lipinski definition) is 3. The zero-order chi connectivity index (χ0) is 14.0. The lowest BCUT2D eigenvalue weighted by Gasteiger charge is -2.06. The van der Waals surface area contributed by atoms with Gasteiger partial charge in [0.25, 0.3) is 5.91 Å². The third kappa shape index (κ3) is 3.03. The molecule has 1 amide bonds. The summed E-state index contributed by atoms with van der Waals surface area (Å²) in [4.78, 5) is 11.8. The fourth-order valence-corrected chi connectivity index (χ4v) is 1.50. The van der Waals surface area contributed by atoms with E-state index in [1.165, 1.54) is 19.1 Å². The van der Waals surface area contributed by atoms with Crippen molar-refractivity contribution in [3.05, 3.63) is 52.2 Å². The fourth-order valence-electron chi connectivity index (χ4n) is 1.40. The number of aryl methyl sites for hydroxylation is 1. The van der Waals surface area contributed by atoms with Gasteiger partial charge in [-0.25, -0.2) is 8.78 Å². The number of aromatic nitrogens is 2. The van der Waals surface area contributed by atoms with Crippen LogP contribution in [0.15, 0.2) is 24.3 Å². The summed E-state index contributed by atoms with van der Waals surface area (Å²) in [5.41, 5.74) is -0.0932. The highest BCUT2D eigenvalue weighted by Gasteiger charge is 2.15. The van der Waals surface area contributed by atoms with Crippen molar-refractivity contribution in [2.24, 2.45) is 0 Å². The van der Waals surface area contributed by atoms with E-state index in [2.05, 4.69) is 15.5 Å². The van der Waals surface area contributed by atoms with Gasteiger partial charge in [0.15, 0.2) is 11.0 Å². The Labute approximate surface area is 112 Å². The van der Waals surface area contributed by atoms with Gasteiger partial charge in [-0.05, 0) is 30.7 Å². The highest BCUT2D eigenvalue weighted by Crippen LogP contribution is 2.16. The number of halogens is 3. The van der Waals surface area contributed by atoms with Crippen molar-refractivity contribution in [2.45, 2.75) is 6.92 Å². The monoisotopic (exact) mass is 283 g/mol. The van der Waals surface area contributed by atoms with Crippen LogP contribution in [0, 0.1) is 18.6 Å². The minimum absolute atomic E-state index is 0.121. The number of carbonyl (C=O) groups excluding carboxylic acids is 1. The molecule has 19 heavy (non-hydrogen) atoms. The Kier molecular flexibility index (Phi) is 3.71. The van der Waals surface area contributed by atoms with Crippen molar-refractivity contribution >= 4 is 23.3 Å². The Morgan fingerprint density at radius 1 is 1.21 bits per heavy atom. The highest BCUT2D eigenvalue weighted by atomic mass is 35.5. The summed E-state index contributed by atoms with van der Waals surface area (Å²) in [5.74, 6) is -2.27. The summed E-state index contributed by atoms with van der Waals surface area (Å²) in [5, 5.41) is 9.64. The van der Waals surface area contributed by atoms with Gasteiger partial charge in [-0.1, -0.05) is 11.6 Å². The third-order valence-electron chi connectivity index (χ3n) is 2.37. The van der Waals surface area contributed by atoms with E-state index in [9.17, 15) is 13.6 Å². The lowest BCUT2D eigenvalue weighted by Crippen LogP contribution is -2.15. The summed E-state index contributed by atoms with van der Waals surface area (Å²) in [6.45, 7) is 1.44. The van der Waals surface area contributed by atoms with Gasteiger partial charge in [-0.15, -0.1) is 10.2 Å². The average molecular weight is 284 g/mol. The van der Waals surface area contributed by atoms with Crippen LogP contribution in [-0.4, -0.2) is 16.1 Å². The number of benzene rings is 1. The second-order valence-electron chi connectivity index (χ2n) is 3.78. The van der Waals surface area contributed by atoms with E-state index in [0.29, 0.717) is 6.07 Å². The first-order valence-corrected chi connectivity index (χ1v) is 5.61. The van der Waals surface area contributed by atoms with Gasteiger partial charge in [0.1, 0.15) is 11.6 Å². The van der Waals surface area contributed by atoms with E-state index in [1.54, 1.807) is 0 Å². The summed E-state index contributed by atoms with van der Waals surface area (Å²) < 4.78 is 26.6. The lowest BCUT2D eigenvalue weighted by atomic mass is 10.1. The maximum absolute atomic E-state index is 13.5. The van der Waals surface area contributed by atoms with Crippen molar-refractivity contribution in [3.8, 4) is 0 Å². The minimum atomic E-state index is -0.942. The van der Waals surface area contributed by atoms with Crippen molar-refractivity contribution in [1.82, 2.24) is 10.2 Å². The van der Waals surface area contributed by atoms with Crippen LogP contribution in [0.25, 0.3) is 0 Å². The molecule has 0 aliphatic carbocycles. The molecule has 0 fully saturated rings. The molecule has 0 aliphatic heterocycles. The van der Waals surface area contributed by atoms with Crippen LogP contribution in [0.5, 0.6) is 0 Å². The second-order valence-corrected chi connectivity index (χ2v) is 4.16. The summed E-state index contributed by atoms with van der Waals surface area (Å²) in [6.07, 6.45) is 0. The topological polar surface area (TPSA) is 54.9 Å². The Morgan fingerprint density at radius 3 is 2.58 bits per heavy atom. The molecule has 7 heteroatoms. The van der Waals surface area contributed by atoms with E-state index in [0.717, 1.165) is 6.07 Å². The van der Waals surface area contributed by atoms with Crippen LogP contribution in [0.2, 0.25) is 5.15 Å². The molecule has 0 unspecified atom stereocenters. The summed E-state index contributed by atoms with van der Waals surface area (Å²) in [6, 6.07) is 4.64. The molecule has 0 saturated carbocycles. The quantitative estimate of drug-likeness (QED) is 0.922. The number of anilines is 1. The number of rotatable bonds is 2. The summed E-state index contributed by atoms with van der Waals surface area (Å²) >= 11 is 5.54. The Balaban J connectivity index is 2.25. The lowest BCUT2D eigenvalue weighted by molar-refractivity contribution is 0.102. The van der Waals surface area contributed by atoms with E-state index in [4.69, 9.17) is 11.6 Å². The molecule has 4 nitrogen and oxygen atoms in total. The molecular formula is C12H8ClF2N3O. The molecule has 2 rings (SSSR count). The van der Waals surface area contributed by atoms with Gasteiger partial charge in [0, 0.05) is 6.07 Å². The zero-order valence-electron chi connectivity index (χ0n) is 9.75. The minimum Gasteiger partial charge on any atom is -0.305 e. The standard InChI is InChI=1S/C12H8ClF2N3O/c1-6-4-7(9(15)5-8(6)14)12(19)16-11-3-2-10(13)17-18-11/h2-5H,1H3,(H,16,18,19). The first-order chi connectivity index (χ1) is 8.97. The van der Waals surface area contributed by atoms with Crippen molar-refractivity contribution in [1.29, 1.82) is 0 Å². The SMILES string of the molecule is Cc1cc(C(=O)Nc2ccc(Cl)nn2)c(F)cc1F.